The molecular formula is C17H20N4O. The third-order valence-corrected chi connectivity index (χ3v) is 4.75. The van der Waals surface area contributed by atoms with Gasteiger partial charge in [-0.25, -0.2) is 4.79 Å². The molecule has 5 nitrogen and oxygen atoms in total. The lowest BCUT2D eigenvalue weighted by Gasteiger charge is -2.21. The molecule has 0 spiro atoms. The molecule has 22 heavy (non-hydrogen) atoms. The molecular weight excluding hydrogens is 276 g/mol. The maximum Gasteiger partial charge on any atom is 0.342 e. The predicted octanol–water partition coefficient (Wildman–Crippen LogP) is 2.31. The van der Waals surface area contributed by atoms with E-state index in [1.54, 1.807) is 12.4 Å². The Morgan fingerprint density at radius 1 is 1.36 bits per heavy atom. The molecule has 0 unspecified atom stereocenters. The molecule has 0 radical (unpaired) electrons. The monoisotopic (exact) mass is 296 g/mol. The van der Waals surface area contributed by atoms with Crippen LogP contribution in [0.1, 0.15) is 24.8 Å². The molecule has 2 saturated heterocycles. The van der Waals surface area contributed by atoms with Crippen molar-refractivity contribution in [2.45, 2.75) is 44.3 Å². The SMILES string of the molecule is Cc1cccc(-c2cnn(C(=O)N[C@@H]3C[C@H]4CC[C@@H]3N4)c2)c1. The summed E-state index contributed by atoms with van der Waals surface area (Å²) in [5.41, 5.74) is 3.24. The van der Waals surface area contributed by atoms with Gasteiger partial charge in [-0.05, 0) is 31.7 Å². The summed E-state index contributed by atoms with van der Waals surface area (Å²) in [5.74, 6) is 0. The molecule has 2 fully saturated rings. The van der Waals surface area contributed by atoms with Crippen molar-refractivity contribution in [1.29, 1.82) is 0 Å². The molecule has 5 heteroatoms. The van der Waals surface area contributed by atoms with Gasteiger partial charge in [-0.3, -0.25) is 0 Å². The summed E-state index contributed by atoms with van der Waals surface area (Å²) in [6, 6.07) is 9.31. The molecule has 2 aliphatic heterocycles. The lowest BCUT2D eigenvalue weighted by molar-refractivity contribution is 0.233. The summed E-state index contributed by atoms with van der Waals surface area (Å²) in [4.78, 5) is 12.4. The van der Waals surface area contributed by atoms with Crippen LogP contribution in [0.3, 0.4) is 0 Å². The highest BCUT2D eigenvalue weighted by Gasteiger charge is 2.39. The van der Waals surface area contributed by atoms with Gasteiger partial charge in [0.15, 0.2) is 0 Å². The fourth-order valence-corrected chi connectivity index (χ4v) is 3.62. The molecule has 2 bridgehead atoms. The van der Waals surface area contributed by atoms with Crippen molar-refractivity contribution in [2.75, 3.05) is 0 Å². The number of aryl methyl sites for hydroxylation is 1. The number of carbonyl (C=O) groups is 1. The molecule has 2 aromatic rings. The topological polar surface area (TPSA) is 59.0 Å². The van der Waals surface area contributed by atoms with Crippen molar-refractivity contribution in [3.63, 3.8) is 0 Å². The van der Waals surface area contributed by atoms with Crippen LogP contribution in [0.2, 0.25) is 0 Å². The summed E-state index contributed by atoms with van der Waals surface area (Å²) in [6.45, 7) is 2.06. The zero-order valence-electron chi connectivity index (χ0n) is 12.6. The second-order valence-electron chi connectivity index (χ2n) is 6.38. The number of carbonyl (C=O) groups excluding carboxylic acids is 1. The van der Waals surface area contributed by atoms with Crippen LogP contribution in [0.25, 0.3) is 11.1 Å². The molecule has 0 saturated carbocycles. The minimum atomic E-state index is -0.141. The molecule has 0 aliphatic carbocycles. The van der Waals surface area contributed by atoms with Gasteiger partial charge in [0.25, 0.3) is 0 Å². The van der Waals surface area contributed by atoms with Crippen LogP contribution >= 0.6 is 0 Å². The van der Waals surface area contributed by atoms with Crippen molar-refractivity contribution in [3.05, 3.63) is 42.2 Å². The Labute approximate surface area is 129 Å². The Bertz CT molecular complexity index is 708. The molecule has 1 aromatic carbocycles. The van der Waals surface area contributed by atoms with Crippen LogP contribution in [0.15, 0.2) is 36.7 Å². The second-order valence-corrected chi connectivity index (χ2v) is 6.38. The van der Waals surface area contributed by atoms with Crippen LogP contribution in [0.5, 0.6) is 0 Å². The fourth-order valence-electron chi connectivity index (χ4n) is 3.62. The van der Waals surface area contributed by atoms with E-state index in [1.165, 1.54) is 16.7 Å². The molecule has 114 valence electrons. The van der Waals surface area contributed by atoms with E-state index in [1.807, 2.05) is 12.1 Å². The number of nitrogens with zero attached hydrogens (tertiary/aromatic N) is 2. The van der Waals surface area contributed by atoms with E-state index < -0.39 is 0 Å². The van der Waals surface area contributed by atoms with Gasteiger partial charge in [-0.2, -0.15) is 9.78 Å². The number of hydrogen-bond donors (Lipinski definition) is 2. The quantitative estimate of drug-likeness (QED) is 0.894. The largest absolute Gasteiger partial charge is 0.342 e. The Morgan fingerprint density at radius 3 is 3.00 bits per heavy atom. The average Bonchev–Trinajstić information content (AvgIpc) is 3.23. The third-order valence-electron chi connectivity index (χ3n) is 4.75. The van der Waals surface area contributed by atoms with E-state index in [4.69, 9.17) is 0 Å². The van der Waals surface area contributed by atoms with Crippen molar-refractivity contribution >= 4 is 6.03 Å². The number of hydrogen-bond acceptors (Lipinski definition) is 3. The highest BCUT2D eigenvalue weighted by Crippen LogP contribution is 2.28. The van der Waals surface area contributed by atoms with Gasteiger partial charge in [0, 0.05) is 29.9 Å². The normalized spacial score (nSPS) is 26.3. The summed E-state index contributed by atoms with van der Waals surface area (Å²) in [7, 11) is 0. The number of amides is 1. The molecule has 2 N–H and O–H groups in total. The average molecular weight is 296 g/mol. The fraction of sp³-hybridized carbons (Fsp3) is 0.412. The first kappa shape index (κ1) is 13.5. The smallest absolute Gasteiger partial charge is 0.332 e. The van der Waals surface area contributed by atoms with Gasteiger partial charge in [0.2, 0.25) is 0 Å². The van der Waals surface area contributed by atoms with Crippen molar-refractivity contribution in [2.24, 2.45) is 0 Å². The summed E-state index contributed by atoms with van der Waals surface area (Å²) >= 11 is 0. The molecule has 3 heterocycles. The van der Waals surface area contributed by atoms with Crippen molar-refractivity contribution in [3.8, 4) is 11.1 Å². The van der Waals surface area contributed by atoms with E-state index in [9.17, 15) is 4.79 Å². The van der Waals surface area contributed by atoms with Crippen molar-refractivity contribution in [1.82, 2.24) is 20.4 Å². The highest BCUT2D eigenvalue weighted by molar-refractivity contribution is 5.78. The second kappa shape index (κ2) is 5.25. The van der Waals surface area contributed by atoms with Gasteiger partial charge in [-0.1, -0.05) is 29.8 Å². The van der Waals surface area contributed by atoms with Crippen LogP contribution in [0, 0.1) is 6.92 Å². The van der Waals surface area contributed by atoms with E-state index in [0.717, 1.165) is 24.0 Å². The maximum absolute atomic E-state index is 12.4. The van der Waals surface area contributed by atoms with Gasteiger partial charge < -0.3 is 10.6 Å². The highest BCUT2D eigenvalue weighted by atomic mass is 16.2. The van der Waals surface area contributed by atoms with Crippen LogP contribution < -0.4 is 10.6 Å². The first-order valence-electron chi connectivity index (χ1n) is 7.88. The van der Waals surface area contributed by atoms with Gasteiger partial charge >= 0.3 is 6.03 Å². The first-order valence-corrected chi connectivity index (χ1v) is 7.88. The Balaban J connectivity index is 1.48. The first-order chi connectivity index (χ1) is 10.7. The maximum atomic E-state index is 12.4. The minimum absolute atomic E-state index is 0.141. The van der Waals surface area contributed by atoms with E-state index in [0.29, 0.717) is 12.1 Å². The Hall–Kier alpha value is -2.14. The van der Waals surface area contributed by atoms with Crippen LogP contribution in [-0.4, -0.2) is 33.9 Å². The molecule has 4 rings (SSSR count). The van der Waals surface area contributed by atoms with Crippen molar-refractivity contribution < 1.29 is 4.79 Å². The number of fused-ring (bicyclic) bond motifs is 2. The van der Waals surface area contributed by atoms with Gasteiger partial charge in [-0.15, -0.1) is 0 Å². The summed E-state index contributed by atoms with van der Waals surface area (Å²) < 4.78 is 1.41. The Morgan fingerprint density at radius 2 is 2.27 bits per heavy atom. The zero-order valence-corrected chi connectivity index (χ0v) is 12.6. The summed E-state index contributed by atoms with van der Waals surface area (Å²) in [5, 5.41) is 10.8. The summed E-state index contributed by atoms with van der Waals surface area (Å²) in [6.07, 6.45) is 6.96. The lowest BCUT2D eigenvalue weighted by Crippen LogP contribution is -2.44. The molecule has 1 aromatic heterocycles. The lowest BCUT2D eigenvalue weighted by atomic mass is 9.96. The zero-order chi connectivity index (χ0) is 15.1. The van der Waals surface area contributed by atoms with Crippen LogP contribution in [-0.2, 0) is 0 Å². The molecule has 1 amide bonds. The van der Waals surface area contributed by atoms with Gasteiger partial charge in [0.05, 0.1) is 6.20 Å². The van der Waals surface area contributed by atoms with Gasteiger partial charge in [0.1, 0.15) is 0 Å². The number of aromatic nitrogens is 2. The molecule has 2 aliphatic rings. The van der Waals surface area contributed by atoms with E-state index in [2.05, 4.69) is 34.8 Å². The van der Waals surface area contributed by atoms with E-state index in [-0.39, 0.29) is 12.1 Å². The molecule has 3 atom stereocenters. The minimum Gasteiger partial charge on any atom is -0.332 e. The standard InChI is InChI=1S/C17H20N4O/c1-11-3-2-4-12(7-11)13-9-18-21(10-13)17(22)20-16-8-14-5-6-15(16)19-14/h2-4,7,9-10,14-16,19H,5-6,8H2,1H3,(H,20,22)/t14-,15+,16-/m1/s1. The number of nitrogens with one attached hydrogen (secondary N) is 2. The van der Waals surface area contributed by atoms with E-state index >= 15 is 0 Å². The predicted molar refractivity (Wildman–Crippen MR) is 84.7 cm³/mol. The van der Waals surface area contributed by atoms with Crippen LogP contribution in [0.4, 0.5) is 4.79 Å². The Kier molecular flexibility index (Phi) is 3.22. The third kappa shape index (κ3) is 2.41. The number of rotatable bonds is 2. The number of benzene rings is 1.